The molecule has 0 spiro atoms. The van der Waals surface area contributed by atoms with Gasteiger partial charge in [0.2, 0.25) is 0 Å². The second-order valence-corrected chi connectivity index (χ2v) is 11.8. The maximum Gasteiger partial charge on any atom is 0.303 e. The lowest BCUT2D eigenvalue weighted by Gasteiger charge is -2.30. The fourth-order valence-electron chi connectivity index (χ4n) is 5.03. The van der Waals surface area contributed by atoms with Crippen LogP contribution in [0.1, 0.15) is 70.8 Å². The number of nitrogens with zero attached hydrogens (tertiary/aromatic N) is 2. The molecule has 0 fully saturated rings. The highest BCUT2D eigenvalue weighted by molar-refractivity contribution is 7.85. The molecule has 1 heterocycles. The van der Waals surface area contributed by atoms with Crippen molar-refractivity contribution < 1.29 is 22.9 Å². The van der Waals surface area contributed by atoms with Crippen LogP contribution in [0.25, 0.3) is 0 Å². The molecule has 0 bridgehead atoms. The minimum absolute atomic E-state index is 0.112. The van der Waals surface area contributed by atoms with E-state index in [1.165, 1.54) is 12.1 Å². The summed E-state index contributed by atoms with van der Waals surface area (Å²) in [5, 5.41) is 9.28. The van der Waals surface area contributed by atoms with E-state index < -0.39 is 21.5 Å². The normalized spacial score (nSPS) is 18.5. The predicted octanol–water partition coefficient (Wildman–Crippen LogP) is 7.73. The molecule has 0 aromatic heterocycles. The lowest BCUT2D eigenvalue weighted by Crippen LogP contribution is -2.29. The van der Waals surface area contributed by atoms with Crippen molar-refractivity contribution in [1.29, 1.82) is 0 Å². The van der Waals surface area contributed by atoms with Crippen molar-refractivity contribution in [2.24, 2.45) is 4.99 Å². The summed E-state index contributed by atoms with van der Waals surface area (Å²) in [6, 6.07) is 12.5. The number of aliphatic carboxylic acids is 1. The highest BCUT2D eigenvalue weighted by Gasteiger charge is 2.44. The monoisotopic (exact) mass is 572 g/mol. The summed E-state index contributed by atoms with van der Waals surface area (Å²) in [6.45, 7) is 4.90. The molecule has 7 nitrogen and oxygen atoms in total. The number of fused-ring (bicyclic) bond motifs is 1. The molecule has 1 atom stereocenters. The molecule has 0 radical (unpaired) electrons. The van der Waals surface area contributed by atoms with Crippen LogP contribution in [0, 0.1) is 0 Å². The Balaban J connectivity index is 2.03. The highest BCUT2D eigenvalue weighted by atomic mass is 35.5. The van der Waals surface area contributed by atoms with Crippen LogP contribution in [0.5, 0.6) is 0 Å². The summed E-state index contributed by atoms with van der Waals surface area (Å²) in [7, 11) is -4.46. The Bertz CT molecular complexity index is 1340. The summed E-state index contributed by atoms with van der Waals surface area (Å²) in [6.07, 6.45) is 13.3. The van der Waals surface area contributed by atoms with Gasteiger partial charge < -0.3 is 10.0 Å². The van der Waals surface area contributed by atoms with Crippen LogP contribution in [0.4, 0.5) is 11.4 Å². The largest absolute Gasteiger partial charge is 0.481 e. The SMILES string of the molecule is CCCCCN1C(=CC=CC=Nc2ccccc2)C(C)(CCCCCC(=O)O)c2cc(S(=O)(=O)O)cc(Cl)c21. The second-order valence-electron chi connectivity index (χ2n) is 9.97. The summed E-state index contributed by atoms with van der Waals surface area (Å²) in [4.78, 5) is 17.3. The third-order valence-electron chi connectivity index (χ3n) is 7.04. The third-order valence-corrected chi connectivity index (χ3v) is 8.16. The lowest BCUT2D eigenvalue weighted by atomic mass is 9.77. The van der Waals surface area contributed by atoms with Gasteiger partial charge in [0.1, 0.15) is 0 Å². The van der Waals surface area contributed by atoms with E-state index >= 15 is 0 Å². The summed E-state index contributed by atoms with van der Waals surface area (Å²) >= 11 is 6.70. The zero-order valence-electron chi connectivity index (χ0n) is 22.5. The Morgan fingerprint density at radius 3 is 2.49 bits per heavy atom. The van der Waals surface area contributed by atoms with Crippen molar-refractivity contribution in [3.8, 4) is 0 Å². The molecule has 9 heteroatoms. The molecule has 2 aromatic rings. The van der Waals surface area contributed by atoms with Crippen molar-refractivity contribution in [3.63, 3.8) is 0 Å². The zero-order valence-corrected chi connectivity index (χ0v) is 24.1. The number of aliphatic imine (C=N–C) groups is 1. The van der Waals surface area contributed by atoms with Crippen molar-refractivity contribution in [2.75, 3.05) is 11.4 Å². The van der Waals surface area contributed by atoms with Gasteiger partial charge >= 0.3 is 5.97 Å². The zero-order chi connectivity index (χ0) is 28.5. The number of carboxylic acids is 1. The Labute approximate surface area is 236 Å². The van der Waals surface area contributed by atoms with Crippen LogP contribution in [-0.2, 0) is 20.3 Å². The van der Waals surface area contributed by atoms with Crippen molar-refractivity contribution >= 4 is 45.3 Å². The Hall–Kier alpha value is -2.94. The quantitative estimate of drug-likeness (QED) is 0.136. The fourth-order valence-corrected chi connectivity index (χ4v) is 5.95. The topological polar surface area (TPSA) is 107 Å². The molecular weight excluding hydrogens is 536 g/mol. The second kappa shape index (κ2) is 13.9. The number of carboxylic acid groups (broad SMARTS) is 1. The number of hydrogen-bond donors (Lipinski definition) is 2. The number of rotatable bonds is 14. The van der Waals surface area contributed by atoms with Gasteiger partial charge in [0.05, 0.1) is 21.3 Å². The molecule has 39 heavy (non-hydrogen) atoms. The number of unbranched alkanes of at least 4 members (excludes halogenated alkanes) is 4. The number of anilines is 1. The predicted molar refractivity (Wildman–Crippen MR) is 158 cm³/mol. The first-order valence-electron chi connectivity index (χ1n) is 13.4. The average molecular weight is 573 g/mol. The summed E-state index contributed by atoms with van der Waals surface area (Å²) < 4.78 is 34.0. The van der Waals surface area contributed by atoms with Crippen LogP contribution < -0.4 is 4.90 Å². The van der Waals surface area contributed by atoms with Crippen LogP contribution in [0.15, 0.2) is 76.3 Å². The average Bonchev–Trinajstić information content (AvgIpc) is 3.11. The maximum atomic E-state index is 12.1. The van der Waals surface area contributed by atoms with Gasteiger partial charge in [-0.1, -0.05) is 68.5 Å². The Kier molecular flexibility index (Phi) is 10.9. The van der Waals surface area contributed by atoms with Crippen molar-refractivity contribution in [3.05, 3.63) is 77.0 Å². The van der Waals surface area contributed by atoms with E-state index in [0.29, 0.717) is 19.4 Å². The molecule has 0 saturated heterocycles. The van der Waals surface area contributed by atoms with Crippen LogP contribution in [-0.4, -0.2) is 36.8 Å². The molecule has 210 valence electrons. The van der Waals surface area contributed by atoms with E-state index in [0.717, 1.165) is 54.7 Å². The number of para-hydroxylation sites is 1. The van der Waals surface area contributed by atoms with E-state index in [1.807, 2.05) is 48.6 Å². The van der Waals surface area contributed by atoms with Gasteiger partial charge in [-0.15, -0.1) is 0 Å². The van der Waals surface area contributed by atoms with Gasteiger partial charge in [-0.05, 0) is 68.2 Å². The van der Waals surface area contributed by atoms with Crippen molar-refractivity contribution in [1.82, 2.24) is 0 Å². The molecule has 1 unspecified atom stereocenters. The fraction of sp³-hybridized carbons (Fsp3) is 0.400. The number of benzene rings is 2. The van der Waals surface area contributed by atoms with E-state index in [9.17, 15) is 17.8 Å². The number of carbonyl (C=O) groups is 1. The first kappa shape index (κ1) is 30.6. The first-order chi connectivity index (χ1) is 18.6. The molecular formula is C30H37ClN2O5S. The van der Waals surface area contributed by atoms with Crippen LogP contribution >= 0.6 is 11.6 Å². The smallest absolute Gasteiger partial charge is 0.303 e. The van der Waals surface area contributed by atoms with Gasteiger partial charge in [-0.3, -0.25) is 14.3 Å². The maximum absolute atomic E-state index is 12.1. The molecule has 1 aliphatic heterocycles. The van der Waals surface area contributed by atoms with Gasteiger partial charge in [-0.2, -0.15) is 8.42 Å². The summed E-state index contributed by atoms with van der Waals surface area (Å²) in [5.74, 6) is -0.818. The van der Waals surface area contributed by atoms with E-state index in [-0.39, 0.29) is 16.3 Å². The molecule has 0 amide bonds. The minimum atomic E-state index is -4.46. The molecule has 0 saturated carbocycles. The first-order valence-corrected chi connectivity index (χ1v) is 15.2. The third kappa shape index (κ3) is 8.03. The Morgan fingerprint density at radius 2 is 1.82 bits per heavy atom. The van der Waals surface area contributed by atoms with E-state index in [4.69, 9.17) is 16.7 Å². The Morgan fingerprint density at radius 1 is 1.08 bits per heavy atom. The van der Waals surface area contributed by atoms with E-state index in [1.54, 1.807) is 6.21 Å². The van der Waals surface area contributed by atoms with Gasteiger partial charge in [0.25, 0.3) is 10.1 Å². The minimum Gasteiger partial charge on any atom is -0.481 e. The molecule has 1 aliphatic rings. The molecule has 2 N–H and O–H groups in total. The van der Waals surface area contributed by atoms with E-state index in [2.05, 4.69) is 23.7 Å². The van der Waals surface area contributed by atoms with Crippen LogP contribution in [0.3, 0.4) is 0 Å². The van der Waals surface area contributed by atoms with Gasteiger partial charge in [0.15, 0.2) is 0 Å². The van der Waals surface area contributed by atoms with Gasteiger partial charge in [-0.25, -0.2) is 0 Å². The number of hydrogen-bond acceptors (Lipinski definition) is 5. The van der Waals surface area contributed by atoms with Crippen molar-refractivity contribution in [2.45, 2.75) is 75.5 Å². The summed E-state index contributed by atoms with van der Waals surface area (Å²) in [5.41, 5.74) is 2.72. The number of allylic oxidation sites excluding steroid dienone is 4. The highest BCUT2D eigenvalue weighted by Crippen LogP contribution is 2.54. The van der Waals surface area contributed by atoms with Gasteiger partial charge in [0, 0.05) is 30.3 Å². The molecule has 3 rings (SSSR count). The standard InChI is InChI=1S/C30H37ClN2O5S/c1-3-4-13-20-33-27(16-10-12-19-32-23-14-7-5-8-15-23)30(2,18-11-6-9-17-28(34)35)25-21-24(39(36,37)38)22-26(31)29(25)33/h5,7-8,10,12,14-16,19,21-22H,3-4,6,9,11,13,17-18,20H2,1-2H3,(H,34,35)(H,36,37,38). The van der Waals surface area contributed by atoms with Crippen LogP contribution in [0.2, 0.25) is 5.02 Å². The molecule has 0 aliphatic carbocycles. The molecule has 2 aromatic carbocycles. The lowest BCUT2D eigenvalue weighted by molar-refractivity contribution is -0.137. The number of halogens is 1.